The highest BCUT2D eigenvalue weighted by Crippen LogP contribution is 2.41. The van der Waals surface area contributed by atoms with Gasteiger partial charge in [0.05, 0.1) is 35.7 Å². The molecule has 5 aromatic rings. The molecule has 1 saturated carbocycles. The topological polar surface area (TPSA) is 201 Å². The molecule has 2 unspecified atom stereocenters. The first kappa shape index (κ1) is 52.5. The number of likely N-dealkylation sites (tertiary alicyclic amines) is 2. The van der Waals surface area contributed by atoms with E-state index in [-0.39, 0.29) is 53.9 Å². The number of aromatic nitrogens is 4. The Balaban J connectivity index is 0.603. The fourth-order valence-corrected chi connectivity index (χ4v) is 12.9. The summed E-state index contributed by atoms with van der Waals surface area (Å²) in [6, 6.07) is 23.2. The van der Waals surface area contributed by atoms with Crippen molar-refractivity contribution < 1.29 is 33.4 Å². The number of methoxy groups -OCH3 is 1. The number of piperazine rings is 1. The molecule has 6 aliphatic rings. The fraction of sp³-hybridized carbons (Fsp3) is 0.559. The Morgan fingerprint density at radius 2 is 1.56 bits per heavy atom. The number of amides is 2. The first-order valence-electron chi connectivity index (χ1n) is 28.2. The van der Waals surface area contributed by atoms with Crippen LogP contribution >= 0.6 is 0 Å². The van der Waals surface area contributed by atoms with E-state index in [4.69, 9.17) is 24.5 Å². The van der Waals surface area contributed by atoms with Gasteiger partial charge >= 0.3 is 0 Å². The second-order valence-corrected chi connectivity index (χ2v) is 23.0. The normalized spacial score (nSPS) is 25.0. The van der Waals surface area contributed by atoms with Gasteiger partial charge in [-0.05, 0) is 94.0 Å². The van der Waals surface area contributed by atoms with Gasteiger partial charge in [0.1, 0.15) is 23.8 Å². The number of nitrogens with zero attached hydrogens (tertiary/aromatic N) is 9. The van der Waals surface area contributed by atoms with Gasteiger partial charge in [0, 0.05) is 120 Å². The maximum absolute atomic E-state index is 14.4. The van der Waals surface area contributed by atoms with Gasteiger partial charge in [0.2, 0.25) is 17.7 Å². The van der Waals surface area contributed by atoms with Crippen molar-refractivity contribution in [3.63, 3.8) is 0 Å². The number of aryl methyl sites for hydroxylation is 1. The van der Waals surface area contributed by atoms with Crippen molar-refractivity contribution in [1.82, 2.24) is 35.5 Å². The van der Waals surface area contributed by atoms with Gasteiger partial charge in [-0.15, -0.1) is 10.2 Å². The first-order chi connectivity index (χ1) is 37.3. The molecular formula is C59H77N11O7. The Morgan fingerprint density at radius 3 is 2.27 bits per heavy atom. The number of pyridine rings is 1. The Labute approximate surface area is 452 Å². The minimum absolute atomic E-state index is 0.0732. The number of hydrogen-bond donors (Lipinski definition) is 3. The van der Waals surface area contributed by atoms with Crippen molar-refractivity contribution in [2.45, 2.75) is 140 Å². The molecule has 2 aromatic carbocycles. The molecule has 6 atom stereocenters. The number of carbonyl (C=O) groups excluding carboxylic acids is 2. The summed E-state index contributed by atoms with van der Waals surface area (Å²) in [5.74, 6) is 2.17. The van der Waals surface area contributed by atoms with Crippen molar-refractivity contribution in [2.75, 3.05) is 79.9 Å². The maximum atomic E-state index is 14.4. The average Bonchev–Trinajstić information content (AvgIpc) is 4.16. The van der Waals surface area contributed by atoms with Crippen molar-refractivity contribution in [1.29, 1.82) is 0 Å². The summed E-state index contributed by atoms with van der Waals surface area (Å²) in [6.07, 6.45) is 10.8. The summed E-state index contributed by atoms with van der Waals surface area (Å²) >= 11 is 0. The molecule has 5 saturated heterocycles. The van der Waals surface area contributed by atoms with Crippen LogP contribution in [0.25, 0.3) is 11.3 Å². The number of carbonyl (C=O) groups is 2. The average molecular weight is 1050 g/mol. The predicted molar refractivity (Wildman–Crippen MR) is 295 cm³/mol. The number of nitrogen functional groups attached to an aromatic ring is 1. The zero-order valence-electron chi connectivity index (χ0n) is 45.4. The second-order valence-electron chi connectivity index (χ2n) is 23.0. The van der Waals surface area contributed by atoms with Crippen LogP contribution in [0.4, 0.5) is 23.0 Å². The third kappa shape index (κ3) is 11.6. The number of phenolic OH excluding ortho intramolecular Hbond substituents is 1. The van der Waals surface area contributed by atoms with E-state index in [0.717, 1.165) is 125 Å². The van der Waals surface area contributed by atoms with Crippen LogP contribution in [0, 0.1) is 18.8 Å². The molecular weight excluding hydrogens is 975 g/mol. The Morgan fingerprint density at radius 1 is 0.818 bits per heavy atom. The predicted octanol–water partition coefficient (Wildman–Crippen LogP) is 7.52. The Kier molecular flexibility index (Phi) is 15.6. The van der Waals surface area contributed by atoms with E-state index >= 15 is 0 Å². The number of nitrogens with two attached hydrogens (primary N) is 1. The molecule has 3 aromatic heterocycles. The molecule has 6 fully saturated rings. The van der Waals surface area contributed by atoms with Crippen LogP contribution in [-0.4, -0.2) is 149 Å². The minimum Gasteiger partial charge on any atom is -0.507 e. The number of nitrogens with one attached hydrogen (secondary N) is 1. The summed E-state index contributed by atoms with van der Waals surface area (Å²) in [5.41, 5.74) is 11.8. The molecule has 77 heavy (non-hydrogen) atoms. The van der Waals surface area contributed by atoms with Crippen molar-refractivity contribution >= 4 is 34.8 Å². The van der Waals surface area contributed by atoms with Crippen molar-refractivity contribution in [3.05, 3.63) is 95.9 Å². The zero-order valence-corrected chi connectivity index (χ0v) is 45.4. The number of para-hydroxylation sites is 1. The smallest absolute Gasteiger partial charge is 0.243 e. The lowest BCUT2D eigenvalue weighted by Gasteiger charge is -2.43. The van der Waals surface area contributed by atoms with Crippen LogP contribution in [0.5, 0.6) is 11.6 Å². The quantitative estimate of drug-likeness (QED) is 0.0825. The lowest BCUT2D eigenvalue weighted by molar-refractivity contribution is -0.141. The van der Waals surface area contributed by atoms with Crippen LogP contribution in [0.2, 0.25) is 0 Å². The highest BCUT2D eigenvalue weighted by atomic mass is 16.5. The Bertz CT molecular complexity index is 2810. The summed E-state index contributed by atoms with van der Waals surface area (Å²) in [5, 5.41) is 26.7. The maximum Gasteiger partial charge on any atom is 0.243 e. The molecule has 5 aliphatic heterocycles. The molecule has 18 nitrogen and oxygen atoms in total. The molecule has 2 amide bonds. The lowest BCUT2D eigenvalue weighted by Crippen LogP contribution is -2.54. The van der Waals surface area contributed by atoms with Crippen LogP contribution in [0.15, 0.2) is 83.5 Å². The molecule has 0 spiro atoms. The van der Waals surface area contributed by atoms with Gasteiger partial charge in [-0.3, -0.25) is 9.59 Å². The lowest BCUT2D eigenvalue weighted by atomic mass is 9.91. The third-order valence-corrected chi connectivity index (χ3v) is 17.4. The largest absolute Gasteiger partial charge is 0.507 e. The van der Waals surface area contributed by atoms with Gasteiger partial charge in [0.15, 0.2) is 17.4 Å². The standard InChI is InChI=1S/C59H77N11O7/c1-36(2)56(59(73)69-35-47(74-5)29-51(69)58(72)62-38(4)40-12-10-37(3)11-13-40)53-31-54(65-77-53)67-24-17-39(18-25-67)32-66-22-19-44(20-23-66)75-45-27-46(28-45)76-55-26-41(16-21-61-55)70-42-14-15-43(70)34-68(33-42)50-30-49(63-64-57(50)60)48-8-6-7-9-52(48)71/h6-13,16,21,26,30-31,36,38-39,42-47,51,56,71H,14-15,17-20,22-25,27-29,32-35H2,1-5H3,(H2,60,64)(H,62,72)/t38-,42?,43?,45?,46?,47+,51-,56+/m0/s1. The summed E-state index contributed by atoms with van der Waals surface area (Å²) in [7, 11) is 1.64. The second kappa shape index (κ2) is 22.8. The fourth-order valence-electron chi connectivity index (χ4n) is 12.9. The van der Waals surface area contributed by atoms with E-state index in [1.165, 1.54) is 0 Å². The van der Waals surface area contributed by atoms with Crippen LogP contribution in [-0.2, 0) is 19.1 Å². The van der Waals surface area contributed by atoms with E-state index in [9.17, 15) is 14.7 Å². The van der Waals surface area contributed by atoms with Gasteiger partial charge in [0.25, 0.3) is 0 Å². The van der Waals surface area contributed by atoms with E-state index in [0.29, 0.717) is 59.7 Å². The number of piperidine rings is 2. The SMILES string of the molecule is CO[C@@H]1C[C@@H](C(=O)N[C@@H](C)c2ccc(C)cc2)N(C(=O)[C@@H](c2cc(N3CCC(CN4CCC(OC5CC(Oc6cc(N7C8CCC7CN(c7cc(-c9ccccc9O)nnc7N)C8)ccn6)C5)CC4)CC3)no2)C(C)C)C1. The van der Waals surface area contributed by atoms with Crippen LogP contribution in [0.3, 0.4) is 0 Å². The van der Waals surface area contributed by atoms with Crippen molar-refractivity contribution in [3.8, 4) is 22.9 Å². The van der Waals surface area contributed by atoms with Gasteiger partial charge < -0.3 is 59.4 Å². The number of phenols is 1. The van der Waals surface area contributed by atoms with E-state index in [1.807, 2.05) is 82.4 Å². The minimum atomic E-state index is -0.642. The number of rotatable bonds is 17. The van der Waals surface area contributed by atoms with Gasteiger partial charge in [-0.25, -0.2) is 4.98 Å². The molecule has 18 heteroatoms. The Hall–Kier alpha value is -6.50. The molecule has 2 bridgehead atoms. The van der Waals surface area contributed by atoms with Crippen LogP contribution in [0.1, 0.15) is 107 Å². The summed E-state index contributed by atoms with van der Waals surface area (Å²) in [4.78, 5) is 44.3. The number of fused-ring (bicyclic) bond motifs is 2. The summed E-state index contributed by atoms with van der Waals surface area (Å²) in [6.45, 7) is 15.0. The molecule has 1 aliphatic carbocycles. The molecule has 0 radical (unpaired) electrons. The third-order valence-electron chi connectivity index (χ3n) is 17.4. The molecule has 11 rings (SSSR count). The van der Waals surface area contributed by atoms with Gasteiger partial charge in [-0.1, -0.05) is 61.0 Å². The van der Waals surface area contributed by atoms with Gasteiger partial charge in [-0.2, -0.15) is 0 Å². The number of ether oxygens (including phenoxy) is 3. The number of benzene rings is 2. The van der Waals surface area contributed by atoms with Crippen molar-refractivity contribution in [2.24, 2.45) is 11.8 Å². The monoisotopic (exact) mass is 1050 g/mol. The van der Waals surface area contributed by atoms with E-state index in [1.54, 1.807) is 24.1 Å². The zero-order chi connectivity index (χ0) is 53.3. The van der Waals surface area contributed by atoms with E-state index in [2.05, 4.69) is 57.4 Å². The molecule has 410 valence electrons. The number of aromatic hydroxyl groups is 1. The van der Waals surface area contributed by atoms with Crippen LogP contribution < -0.4 is 30.5 Å². The first-order valence-corrected chi connectivity index (χ1v) is 28.2. The number of hydrogen-bond acceptors (Lipinski definition) is 16. The molecule has 8 heterocycles. The molecule has 4 N–H and O–H groups in total. The highest BCUT2D eigenvalue weighted by molar-refractivity contribution is 5.91. The summed E-state index contributed by atoms with van der Waals surface area (Å²) < 4.78 is 24.8. The number of anilines is 4. The highest BCUT2D eigenvalue weighted by Gasteiger charge is 2.45. The van der Waals surface area contributed by atoms with E-state index < -0.39 is 12.0 Å².